The fraction of sp³-hybridized carbons (Fsp3) is 0.333. The lowest BCUT2D eigenvalue weighted by Gasteiger charge is -2.15. The molecule has 0 fully saturated rings. The first-order valence-corrected chi connectivity index (χ1v) is 7.77. The Morgan fingerprint density at radius 3 is 2.59 bits per heavy atom. The minimum absolute atomic E-state index is 0.206. The zero-order valence-electron chi connectivity index (χ0n) is 12.6. The summed E-state index contributed by atoms with van der Waals surface area (Å²) < 4.78 is 0. The number of rotatable bonds is 5. The van der Waals surface area contributed by atoms with Crippen LogP contribution in [0.4, 0.5) is 0 Å². The molecule has 0 aliphatic heterocycles. The minimum Gasteiger partial charge on any atom is -0.301 e. The van der Waals surface area contributed by atoms with E-state index in [9.17, 15) is 4.79 Å². The maximum atomic E-state index is 12.1. The van der Waals surface area contributed by atoms with Crippen LogP contribution in [0.15, 0.2) is 45.4 Å². The molecule has 22 heavy (non-hydrogen) atoms. The number of benzene rings is 1. The number of hydrogen-bond donors (Lipinski definition) is 1. The van der Waals surface area contributed by atoms with Gasteiger partial charge in [0.25, 0.3) is 5.56 Å². The van der Waals surface area contributed by atoms with E-state index in [0.717, 1.165) is 5.56 Å². The van der Waals surface area contributed by atoms with Crippen molar-refractivity contribution >= 4 is 11.8 Å². The molecule has 2 aromatic rings. The van der Waals surface area contributed by atoms with Gasteiger partial charge in [0.05, 0.1) is 5.69 Å². The number of aromatic nitrogens is 2. The Morgan fingerprint density at radius 2 is 2.00 bits per heavy atom. The highest BCUT2D eigenvalue weighted by Crippen LogP contribution is 2.28. The van der Waals surface area contributed by atoms with E-state index in [0.29, 0.717) is 16.4 Å². The van der Waals surface area contributed by atoms with E-state index in [-0.39, 0.29) is 10.8 Å². The second-order valence-electron chi connectivity index (χ2n) is 5.07. The van der Waals surface area contributed by atoms with Crippen LogP contribution in [0.1, 0.15) is 36.7 Å². The van der Waals surface area contributed by atoms with Crippen LogP contribution in [0, 0.1) is 6.92 Å². The van der Waals surface area contributed by atoms with Gasteiger partial charge in [0.15, 0.2) is 5.16 Å². The van der Waals surface area contributed by atoms with Crippen LogP contribution in [0.2, 0.25) is 0 Å². The fourth-order valence-corrected chi connectivity index (χ4v) is 2.79. The maximum absolute atomic E-state index is 12.1. The van der Waals surface area contributed by atoms with E-state index < -0.39 is 6.04 Å². The summed E-state index contributed by atoms with van der Waals surface area (Å²) in [5, 5.41) is 4.67. The molecule has 0 bridgehead atoms. The summed E-state index contributed by atoms with van der Waals surface area (Å²) >= 11 is 1.46. The third-order valence-corrected chi connectivity index (χ3v) is 3.94. The number of nitrogens with one attached hydrogen (secondary N) is 1. The quantitative estimate of drug-likeness (QED) is 0.297. The number of hydrogen-bond acceptors (Lipinski definition) is 4. The van der Waals surface area contributed by atoms with E-state index >= 15 is 0 Å². The van der Waals surface area contributed by atoms with Crippen LogP contribution in [0.25, 0.3) is 10.4 Å². The van der Waals surface area contributed by atoms with Crippen LogP contribution in [0.3, 0.4) is 0 Å². The first-order chi connectivity index (χ1) is 10.5. The number of H-pyrrole nitrogens is 1. The van der Waals surface area contributed by atoms with Crippen molar-refractivity contribution in [3.63, 3.8) is 0 Å². The molecule has 1 atom stereocenters. The zero-order valence-corrected chi connectivity index (χ0v) is 13.5. The predicted molar refractivity (Wildman–Crippen MR) is 88.0 cm³/mol. The lowest BCUT2D eigenvalue weighted by atomic mass is 10.0. The molecule has 2 rings (SSSR count). The van der Waals surface area contributed by atoms with Crippen molar-refractivity contribution in [3.05, 3.63) is 67.9 Å². The molecule has 0 spiro atoms. The van der Waals surface area contributed by atoms with Crippen molar-refractivity contribution in [1.29, 1.82) is 0 Å². The third kappa shape index (κ3) is 3.69. The van der Waals surface area contributed by atoms with Crippen molar-refractivity contribution in [2.45, 2.75) is 37.2 Å². The van der Waals surface area contributed by atoms with Gasteiger partial charge in [0, 0.05) is 15.7 Å². The van der Waals surface area contributed by atoms with Gasteiger partial charge >= 0.3 is 0 Å². The topological polar surface area (TPSA) is 94.5 Å². The molecule has 0 radical (unpaired) electrons. The van der Waals surface area contributed by atoms with Gasteiger partial charge in [-0.25, -0.2) is 4.98 Å². The molecule has 6 nitrogen and oxygen atoms in total. The molecule has 1 N–H and O–H groups in total. The zero-order chi connectivity index (χ0) is 16.1. The summed E-state index contributed by atoms with van der Waals surface area (Å²) in [6.45, 7) is 5.73. The molecule has 1 heterocycles. The normalized spacial score (nSPS) is 12.0. The van der Waals surface area contributed by atoms with Gasteiger partial charge in [-0.2, -0.15) is 0 Å². The van der Waals surface area contributed by atoms with Crippen LogP contribution in [-0.4, -0.2) is 15.2 Å². The van der Waals surface area contributed by atoms with E-state index in [2.05, 4.69) is 20.0 Å². The molecule has 0 saturated heterocycles. The molecule has 1 aromatic heterocycles. The second kappa shape index (κ2) is 7.15. The molecule has 0 amide bonds. The SMILES string of the molecule is Cc1c(C(N=[N+]=[N-])c2ccccc2)nc(SC(C)C)[nH]c1=O. The van der Waals surface area contributed by atoms with Gasteiger partial charge in [-0.15, -0.1) is 0 Å². The standard InChI is InChI=1S/C15H17N5OS/c1-9(2)22-15-17-12(10(3)14(21)18-15)13(19-20-16)11-7-5-4-6-8-11/h4-9,13H,1-3H3,(H,17,18,21). The predicted octanol–water partition coefficient (Wildman–Crippen LogP) is 3.98. The van der Waals surface area contributed by atoms with Crippen LogP contribution < -0.4 is 5.56 Å². The van der Waals surface area contributed by atoms with Crippen LogP contribution in [0.5, 0.6) is 0 Å². The van der Waals surface area contributed by atoms with Gasteiger partial charge in [-0.05, 0) is 18.0 Å². The molecular formula is C15H17N5OS. The molecule has 0 saturated carbocycles. The van der Waals surface area contributed by atoms with Crippen molar-refractivity contribution in [3.8, 4) is 0 Å². The lowest BCUT2D eigenvalue weighted by molar-refractivity contribution is 0.754. The van der Waals surface area contributed by atoms with Crippen LogP contribution in [-0.2, 0) is 0 Å². The average Bonchev–Trinajstić information content (AvgIpc) is 2.49. The lowest BCUT2D eigenvalue weighted by Crippen LogP contribution is -2.18. The van der Waals surface area contributed by atoms with Crippen molar-refractivity contribution in [2.75, 3.05) is 0 Å². The molecule has 7 heteroatoms. The maximum Gasteiger partial charge on any atom is 0.254 e. The molecule has 0 aliphatic rings. The van der Waals surface area contributed by atoms with Crippen molar-refractivity contribution in [1.82, 2.24) is 9.97 Å². The Labute approximate surface area is 132 Å². The van der Waals surface area contributed by atoms with E-state index in [1.807, 2.05) is 44.2 Å². The summed E-state index contributed by atoms with van der Waals surface area (Å²) in [6.07, 6.45) is 0. The highest BCUT2D eigenvalue weighted by Gasteiger charge is 2.19. The summed E-state index contributed by atoms with van der Waals surface area (Å²) in [4.78, 5) is 22.3. The smallest absolute Gasteiger partial charge is 0.254 e. The van der Waals surface area contributed by atoms with Gasteiger partial charge in [-0.1, -0.05) is 61.1 Å². The van der Waals surface area contributed by atoms with Crippen LogP contribution >= 0.6 is 11.8 Å². The Kier molecular flexibility index (Phi) is 5.25. The number of azide groups is 1. The summed E-state index contributed by atoms with van der Waals surface area (Å²) in [5.74, 6) is 0. The third-order valence-electron chi connectivity index (χ3n) is 3.06. The fourth-order valence-electron chi connectivity index (χ4n) is 2.04. The molecule has 1 aromatic carbocycles. The largest absolute Gasteiger partial charge is 0.301 e. The second-order valence-corrected chi connectivity index (χ2v) is 6.63. The average molecular weight is 315 g/mol. The number of thioether (sulfide) groups is 1. The number of nitrogens with zero attached hydrogens (tertiary/aromatic N) is 4. The Morgan fingerprint density at radius 1 is 1.32 bits per heavy atom. The first kappa shape index (κ1) is 16.1. The molecule has 1 unspecified atom stereocenters. The van der Waals surface area contributed by atoms with Crippen molar-refractivity contribution in [2.24, 2.45) is 5.11 Å². The molecule has 114 valence electrons. The van der Waals surface area contributed by atoms with Gasteiger partial charge in [0.2, 0.25) is 0 Å². The Bertz CT molecular complexity index is 750. The highest BCUT2D eigenvalue weighted by molar-refractivity contribution is 7.99. The van der Waals surface area contributed by atoms with E-state index in [1.165, 1.54) is 11.8 Å². The Balaban J connectivity index is 2.58. The minimum atomic E-state index is -0.611. The summed E-state index contributed by atoms with van der Waals surface area (Å²) in [7, 11) is 0. The first-order valence-electron chi connectivity index (χ1n) is 6.89. The molecule has 0 aliphatic carbocycles. The van der Waals surface area contributed by atoms with Gasteiger partial charge in [-0.3, -0.25) is 4.79 Å². The van der Waals surface area contributed by atoms with Gasteiger partial charge in [0.1, 0.15) is 6.04 Å². The van der Waals surface area contributed by atoms with Crippen molar-refractivity contribution < 1.29 is 0 Å². The monoisotopic (exact) mass is 315 g/mol. The van der Waals surface area contributed by atoms with Gasteiger partial charge < -0.3 is 4.98 Å². The highest BCUT2D eigenvalue weighted by atomic mass is 32.2. The number of aromatic amines is 1. The Hall–Kier alpha value is -2.24. The van der Waals surface area contributed by atoms with E-state index in [1.54, 1.807) is 6.92 Å². The molecular weight excluding hydrogens is 298 g/mol. The van der Waals surface area contributed by atoms with E-state index in [4.69, 9.17) is 5.53 Å². The summed E-state index contributed by atoms with van der Waals surface area (Å²) in [5.41, 5.74) is 10.4. The summed E-state index contributed by atoms with van der Waals surface area (Å²) in [6, 6.07) is 8.71.